The number of H-pyrrole nitrogens is 1. The van der Waals surface area contributed by atoms with Gasteiger partial charge in [-0.25, -0.2) is 9.97 Å². The molecule has 0 aliphatic rings. The third kappa shape index (κ3) is 4.13. The number of rotatable bonds is 6. The molecule has 0 radical (unpaired) electrons. The minimum Gasteiger partial charge on any atom is -0.329 e. The van der Waals surface area contributed by atoms with Gasteiger partial charge < -0.3 is 15.2 Å². The average Bonchev–Trinajstić information content (AvgIpc) is 2.83. The molecule has 0 bridgehead atoms. The molecule has 2 heterocycles. The van der Waals surface area contributed by atoms with Crippen molar-refractivity contribution >= 4 is 34.1 Å². The molecule has 160 valence electrons. The van der Waals surface area contributed by atoms with Crippen molar-refractivity contribution in [3.63, 3.8) is 0 Å². The zero-order chi connectivity index (χ0) is 27.0. The molecule has 0 saturated carbocycles. The van der Waals surface area contributed by atoms with Crippen LogP contribution in [0.3, 0.4) is 0 Å². The number of amides is 1. The van der Waals surface area contributed by atoms with Gasteiger partial charge in [0.25, 0.3) is 5.56 Å². The zero-order valence-electron chi connectivity index (χ0n) is 22.2. The smallest absolute Gasteiger partial charge is 0.256 e. The first kappa shape index (κ1) is 15.5. The number of anilines is 3. The van der Waals surface area contributed by atoms with Crippen LogP contribution in [0.25, 0.3) is 22.0 Å². The number of hydrogen-bond donors (Lipinski definition) is 2. The number of likely N-dealkylation sites (N-methyl/N-ethyl adjacent to an activating group) is 1. The lowest BCUT2D eigenvalue weighted by atomic mass is 10.0. The van der Waals surface area contributed by atoms with Crippen LogP contribution < -0.4 is 15.8 Å². The van der Waals surface area contributed by atoms with Crippen LogP contribution in [0.2, 0.25) is 0 Å². The van der Waals surface area contributed by atoms with E-state index in [1.807, 2.05) is 19.1 Å². The highest BCUT2D eigenvalue weighted by Crippen LogP contribution is 2.25. The summed E-state index contributed by atoms with van der Waals surface area (Å²) in [5, 5.41) is 3.71. The van der Waals surface area contributed by atoms with E-state index in [2.05, 4.69) is 26.8 Å². The zero-order valence-corrected chi connectivity index (χ0v) is 17.2. The number of hydrogen-bond acceptors (Lipinski definition) is 5. The maximum absolute atomic E-state index is 12.4. The standard InChI is InChI=1S/C25H23N5O2/c1-4-22(31)30(5-2)20-8-6-7-19(14-20)28-25-27-15-18-13-17(9-10-21(18)29-25)23-16(3)11-12-26-24(23)32/h4,6-15H,1,5H2,2-3H3,(H,26,32)(H,27,28,29)/i2D3,5D2. The van der Waals surface area contributed by atoms with E-state index in [-0.39, 0.29) is 17.2 Å². The van der Waals surface area contributed by atoms with Crippen molar-refractivity contribution in [1.29, 1.82) is 0 Å². The van der Waals surface area contributed by atoms with Gasteiger partial charge in [-0.15, -0.1) is 0 Å². The van der Waals surface area contributed by atoms with Crippen molar-refractivity contribution in [2.24, 2.45) is 0 Å². The summed E-state index contributed by atoms with van der Waals surface area (Å²) in [5.74, 6) is -0.671. The van der Waals surface area contributed by atoms with E-state index in [1.165, 1.54) is 12.1 Å². The quantitative estimate of drug-likeness (QED) is 0.437. The van der Waals surface area contributed by atoms with E-state index in [0.717, 1.165) is 17.2 Å². The summed E-state index contributed by atoms with van der Waals surface area (Å²) in [6.45, 7) is -0.857. The molecule has 0 saturated heterocycles. The van der Waals surface area contributed by atoms with E-state index in [9.17, 15) is 9.59 Å². The normalized spacial score (nSPS) is 13.8. The summed E-state index contributed by atoms with van der Waals surface area (Å²) in [6.07, 6.45) is 4.06. The fourth-order valence-electron chi connectivity index (χ4n) is 3.37. The summed E-state index contributed by atoms with van der Waals surface area (Å²) >= 11 is 0. The van der Waals surface area contributed by atoms with E-state index in [0.29, 0.717) is 27.1 Å². The first-order valence-corrected chi connectivity index (χ1v) is 9.71. The lowest BCUT2D eigenvalue weighted by molar-refractivity contribution is -0.114. The summed E-state index contributed by atoms with van der Waals surface area (Å²) in [4.78, 5) is 36.8. The lowest BCUT2D eigenvalue weighted by Crippen LogP contribution is -2.28. The van der Waals surface area contributed by atoms with Crippen LogP contribution >= 0.6 is 0 Å². The highest BCUT2D eigenvalue weighted by Gasteiger charge is 2.12. The molecule has 0 atom stereocenters. The van der Waals surface area contributed by atoms with E-state index >= 15 is 0 Å². The number of carbonyl (C=O) groups is 1. The van der Waals surface area contributed by atoms with Crippen molar-refractivity contribution in [1.82, 2.24) is 15.0 Å². The minimum absolute atomic E-state index is 0.0184. The molecular formula is C25H23N5O2. The number of carbonyl (C=O) groups excluding carboxylic acids is 1. The van der Waals surface area contributed by atoms with Crippen LogP contribution in [0.5, 0.6) is 0 Å². The van der Waals surface area contributed by atoms with E-state index in [4.69, 9.17) is 6.85 Å². The Balaban J connectivity index is 1.66. The first-order chi connectivity index (χ1) is 17.4. The Bertz CT molecular complexity index is 1570. The predicted molar refractivity (Wildman–Crippen MR) is 128 cm³/mol. The molecule has 0 aliphatic heterocycles. The van der Waals surface area contributed by atoms with Crippen LogP contribution in [0.4, 0.5) is 17.3 Å². The topological polar surface area (TPSA) is 91.0 Å². The molecule has 4 aromatic rings. The minimum atomic E-state index is -3.10. The Kier molecular flexibility index (Phi) is 4.29. The van der Waals surface area contributed by atoms with Crippen LogP contribution in [0.1, 0.15) is 19.3 Å². The van der Waals surface area contributed by atoms with Gasteiger partial charge in [0.1, 0.15) is 0 Å². The molecule has 2 N–H and O–H groups in total. The van der Waals surface area contributed by atoms with Gasteiger partial charge in [0.2, 0.25) is 11.9 Å². The van der Waals surface area contributed by atoms with Gasteiger partial charge in [-0.2, -0.15) is 0 Å². The second-order valence-electron chi connectivity index (χ2n) is 7.00. The maximum Gasteiger partial charge on any atom is 0.256 e. The summed E-state index contributed by atoms with van der Waals surface area (Å²) in [5.41, 5.74) is 3.00. The Morgan fingerprint density at radius 1 is 1.31 bits per heavy atom. The molecule has 2 aromatic carbocycles. The van der Waals surface area contributed by atoms with Crippen LogP contribution in [-0.2, 0) is 4.79 Å². The third-order valence-electron chi connectivity index (χ3n) is 4.90. The summed E-state index contributed by atoms with van der Waals surface area (Å²) in [7, 11) is 0. The van der Waals surface area contributed by atoms with Gasteiger partial charge in [-0.1, -0.05) is 18.7 Å². The predicted octanol–water partition coefficient (Wildman–Crippen LogP) is 4.58. The molecule has 0 aliphatic carbocycles. The molecule has 4 rings (SSSR count). The van der Waals surface area contributed by atoms with Gasteiger partial charge in [0.05, 0.1) is 5.52 Å². The summed E-state index contributed by atoms with van der Waals surface area (Å²) < 4.78 is 38.9. The molecule has 0 fully saturated rings. The van der Waals surface area contributed by atoms with Crippen LogP contribution in [-0.4, -0.2) is 27.4 Å². The number of pyridine rings is 1. The molecule has 7 nitrogen and oxygen atoms in total. The fourth-order valence-corrected chi connectivity index (χ4v) is 3.37. The highest BCUT2D eigenvalue weighted by atomic mass is 16.2. The Morgan fingerprint density at radius 2 is 2.19 bits per heavy atom. The van der Waals surface area contributed by atoms with E-state index < -0.39 is 19.3 Å². The molecule has 7 heteroatoms. The van der Waals surface area contributed by atoms with Crippen molar-refractivity contribution in [3.8, 4) is 11.1 Å². The molecule has 2 aromatic heterocycles. The van der Waals surface area contributed by atoms with Gasteiger partial charge in [-0.05, 0) is 67.4 Å². The number of aromatic amines is 1. The first-order valence-electron chi connectivity index (χ1n) is 12.2. The third-order valence-corrected chi connectivity index (χ3v) is 4.90. The van der Waals surface area contributed by atoms with Crippen molar-refractivity contribution in [3.05, 3.63) is 89.5 Å². The SMILES string of the molecule is [2H]C([2H])([2H])C([2H])([2H])N(C(=O)C=C)c1cccc(Nc2ncc3cc(-c4c(C)cc[nH]c4=O)ccc3n2)c1. The molecular weight excluding hydrogens is 402 g/mol. The number of benzene rings is 2. The average molecular weight is 431 g/mol. The number of nitrogens with zero attached hydrogens (tertiary/aromatic N) is 3. The molecule has 0 spiro atoms. The molecule has 1 amide bonds. The molecule has 32 heavy (non-hydrogen) atoms. The number of fused-ring (bicyclic) bond motifs is 1. The van der Waals surface area contributed by atoms with Gasteiger partial charge in [0, 0.05) is 48.1 Å². The van der Waals surface area contributed by atoms with Crippen molar-refractivity contribution < 1.29 is 11.6 Å². The van der Waals surface area contributed by atoms with Crippen molar-refractivity contribution in [2.75, 3.05) is 16.7 Å². The van der Waals surface area contributed by atoms with Crippen LogP contribution in [0, 0.1) is 6.92 Å². The molecule has 0 unspecified atom stereocenters. The van der Waals surface area contributed by atoms with Crippen LogP contribution in [0.15, 0.2) is 78.4 Å². The fraction of sp³-hybridized carbons (Fsp3) is 0.120. The van der Waals surface area contributed by atoms with E-state index in [1.54, 1.807) is 36.7 Å². The monoisotopic (exact) mass is 430 g/mol. The number of aromatic nitrogens is 3. The van der Waals surface area contributed by atoms with Gasteiger partial charge in [0.15, 0.2) is 0 Å². The second-order valence-corrected chi connectivity index (χ2v) is 7.00. The summed E-state index contributed by atoms with van der Waals surface area (Å²) in [6, 6.07) is 13.3. The Morgan fingerprint density at radius 3 is 2.97 bits per heavy atom. The lowest BCUT2D eigenvalue weighted by Gasteiger charge is -2.20. The Hall–Kier alpha value is -4.26. The number of nitrogens with one attached hydrogen (secondary N) is 2. The number of aryl methyl sites for hydroxylation is 1. The largest absolute Gasteiger partial charge is 0.329 e. The van der Waals surface area contributed by atoms with Crippen molar-refractivity contribution in [2.45, 2.75) is 13.8 Å². The second kappa shape index (κ2) is 8.85. The Labute approximate surface area is 192 Å². The maximum atomic E-state index is 12.4. The van der Waals surface area contributed by atoms with Gasteiger partial charge in [-0.3, -0.25) is 9.59 Å². The highest BCUT2D eigenvalue weighted by molar-refractivity contribution is 6.01. The van der Waals surface area contributed by atoms with Gasteiger partial charge >= 0.3 is 0 Å².